The molecule has 0 atom stereocenters. The number of anilines is 1. The van der Waals surface area contributed by atoms with Crippen molar-refractivity contribution in [2.45, 2.75) is 19.4 Å². The van der Waals surface area contributed by atoms with E-state index in [0.717, 1.165) is 21.9 Å². The summed E-state index contributed by atoms with van der Waals surface area (Å²) in [7, 11) is 0. The van der Waals surface area contributed by atoms with Gasteiger partial charge in [0.05, 0.1) is 0 Å². The molecule has 0 unspecified atom stereocenters. The Bertz CT molecular complexity index is 784. The summed E-state index contributed by atoms with van der Waals surface area (Å²) in [5.74, 6) is 0.542. The standard InChI is InChI=1S/C18H19N3/c1-18(2,20)16-7-5-12(6-8-16)13-3-4-14-11-21-17(19)10-15(14)9-13/h3-11H,20H2,1-2H3,(H2,19,21). The Morgan fingerprint density at radius 1 is 0.857 bits per heavy atom. The molecule has 4 N–H and O–H groups in total. The van der Waals surface area contributed by atoms with Gasteiger partial charge in [-0.3, -0.25) is 0 Å². The molecule has 0 fully saturated rings. The first-order chi connectivity index (χ1) is 9.93. The zero-order chi connectivity index (χ0) is 15.0. The second-order valence-corrected chi connectivity index (χ2v) is 5.97. The van der Waals surface area contributed by atoms with Gasteiger partial charge in [-0.2, -0.15) is 0 Å². The summed E-state index contributed by atoms with van der Waals surface area (Å²) < 4.78 is 0. The molecule has 0 aliphatic carbocycles. The summed E-state index contributed by atoms with van der Waals surface area (Å²) in [4.78, 5) is 4.11. The Labute approximate surface area is 124 Å². The molecule has 0 aliphatic rings. The summed E-state index contributed by atoms with van der Waals surface area (Å²) in [6.07, 6.45) is 1.80. The molecule has 21 heavy (non-hydrogen) atoms. The van der Waals surface area contributed by atoms with E-state index in [-0.39, 0.29) is 5.54 Å². The molecule has 0 spiro atoms. The number of benzene rings is 2. The van der Waals surface area contributed by atoms with Gasteiger partial charge < -0.3 is 11.5 Å². The lowest BCUT2D eigenvalue weighted by Crippen LogP contribution is -2.28. The Kier molecular flexibility index (Phi) is 3.15. The lowest BCUT2D eigenvalue weighted by atomic mass is 9.93. The van der Waals surface area contributed by atoms with Crippen molar-refractivity contribution in [3.63, 3.8) is 0 Å². The molecule has 3 heteroatoms. The number of aromatic nitrogens is 1. The van der Waals surface area contributed by atoms with Crippen LogP contribution in [0.1, 0.15) is 19.4 Å². The van der Waals surface area contributed by atoms with Crippen LogP contribution in [-0.4, -0.2) is 4.98 Å². The fraction of sp³-hybridized carbons (Fsp3) is 0.167. The average molecular weight is 277 g/mol. The molecule has 1 aromatic heterocycles. The van der Waals surface area contributed by atoms with Gasteiger partial charge in [0.15, 0.2) is 0 Å². The molecule has 0 saturated heterocycles. The quantitative estimate of drug-likeness (QED) is 0.751. The first-order valence-corrected chi connectivity index (χ1v) is 6.98. The molecule has 0 bridgehead atoms. The van der Waals surface area contributed by atoms with Crippen molar-refractivity contribution >= 4 is 16.6 Å². The molecule has 0 radical (unpaired) electrons. The van der Waals surface area contributed by atoms with Crippen molar-refractivity contribution in [1.29, 1.82) is 0 Å². The summed E-state index contributed by atoms with van der Waals surface area (Å²) in [6, 6.07) is 16.6. The van der Waals surface area contributed by atoms with E-state index in [0.29, 0.717) is 5.82 Å². The van der Waals surface area contributed by atoms with Crippen LogP contribution in [0, 0.1) is 0 Å². The van der Waals surface area contributed by atoms with Crippen molar-refractivity contribution in [2.75, 3.05) is 5.73 Å². The third-order valence-electron chi connectivity index (χ3n) is 3.71. The normalized spacial score (nSPS) is 11.8. The van der Waals surface area contributed by atoms with E-state index in [1.807, 2.05) is 19.9 Å². The van der Waals surface area contributed by atoms with Crippen molar-refractivity contribution in [3.8, 4) is 11.1 Å². The SMILES string of the molecule is CC(C)(N)c1ccc(-c2ccc3cnc(N)cc3c2)cc1. The third kappa shape index (κ3) is 2.73. The number of nitrogen functional groups attached to an aromatic ring is 1. The van der Waals surface area contributed by atoms with Crippen LogP contribution in [0.25, 0.3) is 21.9 Å². The highest BCUT2D eigenvalue weighted by atomic mass is 14.8. The van der Waals surface area contributed by atoms with Gasteiger partial charge in [0.2, 0.25) is 0 Å². The summed E-state index contributed by atoms with van der Waals surface area (Å²) >= 11 is 0. The van der Waals surface area contributed by atoms with Crippen LogP contribution in [0.2, 0.25) is 0 Å². The van der Waals surface area contributed by atoms with Crippen molar-refractivity contribution in [3.05, 3.63) is 60.3 Å². The van der Waals surface area contributed by atoms with Crippen molar-refractivity contribution < 1.29 is 0 Å². The number of hydrogen-bond acceptors (Lipinski definition) is 3. The Hall–Kier alpha value is -2.39. The highest BCUT2D eigenvalue weighted by Crippen LogP contribution is 2.27. The number of fused-ring (bicyclic) bond motifs is 1. The molecule has 1 heterocycles. The fourth-order valence-corrected chi connectivity index (χ4v) is 2.43. The van der Waals surface area contributed by atoms with Crippen LogP contribution in [0.5, 0.6) is 0 Å². The molecule has 106 valence electrons. The Morgan fingerprint density at radius 3 is 2.19 bits per heavy atom. The predicted octanol–water partition coefficient (Wildman–Crippen LogP) is 3.68. The van der Waals surface area contributed by atoms with Gasteiger partial charge in [-0.05, 0) is 48.1 Å². The maximum atomic E-state index is 6.12. The summed E-state index contributed by atoms with van der Waals surface area (Å²) in [5, 5.41) is 2.19. The van der Waals surface area contributed by atoms with E-state index in [9.17, 15) is 0 Å². The summed E-state index contributed by atoms with van der Waals surface area (Å²) in [6.45, 7) is 4.02. The Morgan fingerprint density at radius 2 is 1.52 bits per heavy atom. The third-order valence-corrected chi connectivity index (χ3v) is 3.71. The molecule has 0 aliphatic heterocycles. The minimum atomic E-state index is -0.317. The molecule has 3 rings (SSSR count). The number of nitrogens with zero attached hydrogens (tertiary/aromatic N) is 1. The first-order valence-electron chi connectivity index (χ1n) is 6.98. The molecule has 0 saturated carbocycles. The molecular weight excluding hydrogens is 258 g/mol. The second-order valence-electron chi connectivity index (χ2n) is 5.97. The van der Waals surface area contributed by atoms with E-state index < -0.39 is 0 Å². The maximum Gasteiger partial charge on any atom is 0.123 e. The lowest BCUT2D eigenvalue weighted by molar-refractivity contribution is 0.554. The van der Waals surface area contributed by atoms with Gasteiger partial charge in [0.25, 0.3) is 0 Å². The van der Waals surface area contributed by atoms with E-state index in [1.54, 1.807) is 6.20 Å². The minimum absolute atomic E-state index is 0.317. The summed E-state index contributed by atoms with van der Waals surface area (Å²) in [5.41, 5.74) is 15.0. The average Bonchev–Trinajstić information content (AvgIpc) is 2.45. The zero-order valence-corrected chi connectivity index (χ0v) is 12.3. The van der Waals surface area contributed by atoms with E-state index in [4.69, 9.17) is 11.5 Å². The number of pyridine rings is 1. The lowest BCUT2D eigenvalue weighted by Gasteiger charge is -2.19. The van der Waals surface area contributed by atoms with Gasteiger partial charge >= 0.3 is 0 Å². The van der Waals surface area contributed by atoms with Crippen LogP contribution in [0.3, 0.4) is 0 Å². The number of rotatable bonds is 2. The molecule has 0 amide bonds. The largest absolute Gasteiger partial charge is 0.384 e. The van der Waals surface area contributed by atoms with Gasteiger partial charge in [-0.1, -0.05) is 36.4 Å². The molecule has 3 aromatic rings. The van der Waals surface area contributed by atoms with Gasteiger partial charge in [-0.15, -0.1) is 0 Å². The Balaban J connectivity index is 2.04. The van der Waals surface area contributed by atoms with E-state index >= 15 is 0 Å². The number of hydrogen-bond donors (Lipinski definition) is 2. The van der Waals surface area contributed by atoms with Crippen molar-refractivity contribution in [1.82, 2.24) is 4.98 Å². The topological polar surface area (TPSA) is 64.9 Å². The van der Waals surface area contributed by atoms with Crippen molar-refractivity contribution in [2.24, 2.45) is 5.73 Å². The van der Waals surface area contributed by atoms with Gasteiger partial charge in [-0.25, -0.2) is 4.98 Å². The molecule has 2 aromatic carbocycles. The number of nitrogens with two attached hydrogens (primary N) is 2. The van der Waals surface area contributed by atoms with Crippen LogP contribution in [0.4, 0.5) is 5.82 Å². The molecule has 3 nitrogen and oxygen atoms in total. The van der Waals surface area contributed by atoms with Crippen LogP contribution >= 0.6 is 0 Å². The predicted molar refractivity (Wildman–Crippen MR) is 88.8 cm³/mol. The second kappa shape index (κ2) is 4.86. The maximum absolute atomic E-state index is 6.12. The first kappa shape index (κ1) is 13.6. The van der Waals surface area contributed by atoms with E-state index in [2.05, 4.69) is 47.4 Å². The minimum Gasteiger partial charge on any atom is -0.384 e. The highest BCUT2D eigenvalue weighted by Gasteiger charge is 2.13. The zero-order valence-electron chi connectivity index (χ0n) is 12.3. The van der Waals surface area contributed by atoms with E-state index in [1.165, 1.54) is 5.56 Å². The van der Waals surface area contributed by atoms with Crippen LogP contribution in [-0.2, 0) is 5.54 Å². The van der Waals surface area contributed by atoms with Gasteiger partial charge in [0.1, 0.15) is 5.82 Å². The van der Waals surface area contributed by atoms with Crippen LogP contribution in [0.15, 0.2) is 54.7 Å². The highest BCUT2D eigenvalue weighted by molar-refractivity contribution is 5.88. The monoisotopic (exact) mass is 277 g/mol. The van der Waals surface area contributed by atoms with Gasteiger partial charge in [0, 0.05) is 17.1 Å². The van der Waals surface area contributed by atoms with Crippen LogP contribution < -0.4 is 11.5 Å². The smallest absolute Gasteiger partial charge is 0.123 e. The molecular formula is C18H19N3. The fourth-order valence-electron chi connectivity index (χ4n) is 2.43.